The van der Waals surface area contributed by atoms with Crippen LogP contribution in [-0.4, -0.2) is 18.5 Å². The Bertz CT molecular complexity index is 327. The maximum atomic E-state index is 11.9. The van der Waals surface area contributed by atoms with Crippen molar-refractivity contribution in [3.63, 3.8) is 0 Å². The predicted molar refractivity (Wildman–Crippen MR) is 65.9 cm³/mol. The summed E-state index contributed by atoms with van der Waals surface area (Å²) in [5.41, 5.74) is 1.99. The minimum Gasteiger partial charge on any atom is -0.370 e. The average molecular weight is 220 g/mol. The Morgan fingerprint density at radius 2 is 1.88 bits per heavy atom. The number of benzene rings is 1. The molecule has 0 spiro atoms. The average Bonchev–Trinajstić information content (AvgIpc) is 2.35. The summed E-state index contributed by atoms with van der Waals surface area (Å²) in [6.07, 6.45) is 1.59. The van der Waals surface area contributed by atoms with Crippen molar-refractivity contribution in [3.8, 4) is 0 Å². The molecule has 0 aliphatic heterocycles. The number of hydrogen-bond donors (Lipinski definition) is 0. The molecule has 16 heavy (non-hydrogen) atoms. The lowest BCUT2D eigenvalue weighted by Gasteiger charge is -2.11. The maximum Gasteiger partial charge on any atom is 0.191 e. The molecule has 0 heterocycles. The predicted octanol–water partition coefficient (Wildman–Crippen LogP) is 3.25. The van der Waals surface area contributed by atoms with Crippen LogP contribution < -0.4 is 0 Å². The largest absolute Gasteiger partial charge is 0.370 e. The van der Waals surface area contributed by atoms with Crippen LogP contribution in [0.15, 0.2) is 24.3 Å². The topological polar surface area (TPSA) is 26.3 Å². The van der Waals surface area contributed by atoms with Crippen molar-refractivity contribution in [3.05, 3.63) is 35.4 Å². The molecule has 1 atom stereocenters. The zero-order valence-corrected chi connectivity index (χ0v) is 10.3. The van der Waals surface area contributed by atoms with Crippen molar-refractivity contribution in [1.29, 1.82) is 0 Å². The number of carbonyl (C=O) groups is 1. The third-order valence-corrected chi connectivity index (χ3v) is 2.59. The molecule has 1 aromatic carbocycles. The van der Waals surface area contributed by atoms with E-state index in [1.165, 1.54) is 5.56 Å². The quantitative estimate of drug-likeness (QED) is 0.688. The number of carbonyl (C=O) groups excluding carboxylic acids is 1. The second-order valence-electron chi connectivity index (χ2n) is 3.93. The van der Waals surface area contributed by atoms with E-state index in [2.05, 4.69) is 6.92 Å². The fourth-order valence-corrected chi connectivity index (χ4v) is 1.51. The van der Waals surface area contributed by atoms with Gasteiger partial charge in [0.05, 0.1) is 0 Å². The van der Waals surface area contributed by atoms with E-state index in [4.69, 9.17) is 4.74 Å². The first-order valence-electron chi connectivity index (χ1n) is 5.93. The molecule has 0 amide bonds. The molecular weight excluding hydrogens is 200 g/mol. The van der Waals surface area contributed by atoms with Crippen LogP contribution in [0.2, 0.25) is 0 Å². The lowest BCUT2D eigenvalue weighted by molar-refractivity contribution is 0.0479. The first kappa shape index (κ1) is 12.9. The fraction of sp³-hybridized carbons (Fsp3) is 0.500. The van der Waals surface area contributed by atoms with E-state index in [-0.39, 0.29) is 11.9 Å². The van der Waals surface area contributed by atoms with Gasteiger partial charge in [-0.1, -0.05) is 38.1 Å². The molecule has 2 nitrogen and oxygen atoms in total. The van der Waals surface area contributed by atoms with Crippen LogP contribution in [0.25, 0.3) is 0 Å². The molecule has 0 aliphatic carbocycles. The molecule has 2 heteroatoms. The van der Waals surface area contributed by atoms with Crippen molar-refractivity contribution < 1.29 is 9.53 Å². The van der Waals surface area contributed by atoms with E-state index in [1.807, 2.05) is 38.1 Å². The molecule has 0 aromatic heterocycles. The summed E-state index contributed by atoms with van der Waals surface area (Å²) >= 11 is 0. The van der Waals surface area contributed by atoms with Crippen LogP contribution in [0.1, 0.15) is 43.1 Å². The number of Topliss-reactive ketones (excluding diaryl/α,β-unsaturated/α-hetero) is 1. The van der Waals surface area contributed by atoms with E-state index in [1.54, 1.807) is 0 Å². The van der Waals surface area contributed by atoms with Gasteiger partial charge in [0.1, 0.15) is 6.10 Å². The van der Waals surface area contributed by atoms with Crippen molar-refractivity contribution in [2.75, 3.05) is 6.61 Å². The molecule has 0 aliphatic rings. The molecule has 0 fully saturated rings. The van der Waals surface area contributed by atoms with Gasteiger partial charge in [0.25, 0.3) is 0 Å². The summed E-state index contributed by atoms with van der Waals surface area (Å²) in [6, 6.07) is 7.76. The van der Waals surface area contributed by atoms with Gasteiger partial charge in [-0.15, -0.1) is 0 Å². The van der Waals surface area contributed by atoms with E-state index in [0.29, 0.717) is 6.61 Å². The van der Waals surface area contributed by atoms with Crippen LogP contribution in [-0.2, 0) is 11.2 Å². The van der Waals surface area contributed by atoms with Crippen LogP contribution >= 0.6 is 0 Å². The third-order valence-electron chi connectivity index (χ3n) is 2.59. The highest BCUT2D eigenvalue weighted by molar-refractivity contribution is 5.99. The van der Waals surface area contributed by atoms with E-state index in [9.17, 15) is 4.79 Å². The van der Waals surface area contributed by atoms with Crippen molar-refractivity contribution in [2.24, 2.45) is 0 Å². The zero-order valence-electron chi connectivity index (χ0n) is 10.3. The van der Waals surface area contributed by atoms with Gasteiger partial charge in [-0.25, -0.2) is 0 Å². The smallest absolute Gasteiger partial charge is 0.191 e. The molecule has 1 unspecified atom stereocenters. The van der Waals surface area contributed by atoms with Gasteiger partial charge < -0.3 is 4.74 Å². The number of ether oxygens (including phenoxy) is 1. The van der Waals surface area contributed by atoms with Gasteiger partial charge in [0.15, 0.2) is 5.78 Å². The molecule has 1 aromatic rings. The SMILES string of the molecule is CCCOC(C)C(=O)c1ccc(CC)cc1. The summed E-state index contributed by atoms with van der Waals surface area (Å²) in [5.74, 6) is 0.0658. The van der Waals surface area contributed by atoms with Gasteiger partial charge in [0, 0.05) is 12.2 Å². The normalized spacial score (nSPS) is 12.4. The minimum absolute atomic E-state index is 0.0658. The fourth-order valence-electron chi connectivity index (χ4n) is 1.51. The van der Waals surface area contributed by atoms with Crippen molar-refractivity contribution >= 4 is 5.78 Å². The van der Waals surface area contributed by atoms with Gasteiger partial charge in [-0.3, -0.25) is 4.79 Å². The van der Waals surface area contributed by atoms with Crippen LogP contribution in [0.5, 0.6) is 0 Å². The summed E-state index contributed by atoms with van der Waals surface area (Å²) < 4.78 is 5.41. The summed E-state index contributed by atoms with van der Waals surface area (Å²) in [5, 5.41) is 0. The number of rotatable bonds is 6. The van der Waals surface area contributed by atoms with E-state index in [0.717, 1.165) is 18.4 Å². The molecule has 0 N–H and O–H groups in total. The number of hydrogen-bond acceptors (Lipinski definition) is 2. The van der Waals surface area contributed by atoms with Gasteiger partial charge in [0.2, 0.25) is 0 Å². The lowest BCUT2D eigenvalue weighted by Crippen LogP contribution is -2.21. The highest BCUT2D eigenvalue weighted by Crippen LogP contribution is 2.09. The number of aryl methyl sites for hydroxylation is 1. The Morgan fingerprint density at radius 1 is 1.25 bits per heavy atom. The highest BCUT2D eigenvalue weighted by Gasteiger charge is 2.14. The lowest BCUT2D eigenvalue weighted by atomic mass is 10.0. The van der Waals surface area contributed by atoms with Crippen molar-refractivity contribution in [1.82, 2.24) is 0 Å². The third kappa shape index (κ3) is 3.46. The number of ketones is 1. The monoisotopic (exact) mass is 220 g/mol. The summed E-state index contributed by atoms with van der Waals surface area (Å²) in [7, 11) is 0. The molecule has 0 saturated heterocycles. The summed E-state index contributed by atoms with van der Waals surface area (Å²) in [6.45, 7) is 6.59. The molecule has 1 rings (SSSR count). The second-order valence-corrected chi connectivity index (χ2v) is 3.93. The molecule has 0 radical (unpaired) electrons. The molecule has 88 valence electrons. The van der Waals surface area contributed by atoms with Gasteiger partial charge in [-0.05, 0) is 25.3 Å². The van der Waals surface area contributed by atoms with Crippen LogP contribution in [0.4, 0.5) is 0 Å². The van der Waals surface area contributed by atoms with Gasteiger partial charge >= 0.3 is 0 Å². The Morgan fingerprint density at radius 3 is 2.38 bits per heavy atom. The Kier molecular flexibility index (Phi) is 5.20. The second kappa shape index (κ2) is 6.44. The molecular formula is C14H20O2. The van der Waals surface area contributed by atoms with E-state index < -0.39 is 0 Å². The first-order valence-corrected chi connectivity index (χ1v) is 5.93. The Hall–Kier alpha value is -1.15. The minimum atomic E-state index is -0.340. The Labute approximate surface area is 97.6 Å². The summed E-state index contributed by atoms with van der Waals surface area (Å²) in [4.78, 5) is 11.9. The van der Waals surface area contributed by atoms with Crippen LogP contribution in [0.3, 0.4) is 0 Å². The Balaban J connectivity index is 2.64. The zero-order chi connectivity index (χ0) is 12.0. The van der Waals surface area contributed by atoms with E-state index >= 15 is 0 Å². The molecule has 0 saturated carbocycles. The highest BCUT2D eigenvalue weighted by atomic mass is 16.5. The van der Waals surface area contributed by atoms with Gasteiger partial charge in [-0.2, -0.15) is 0 Å². The first-order chi connectivity index (χ1) is 7.69. The standard InChI is InChI=1S/C14H20O2/c1-4-10-16-11(3)14(15)13-8-6-12(5-2)7-9-13/h6-9,11H,4-5,10H2,1-3H3. The molecule has 0 bridgehead atoms. The van der Waals surface area contributed by atoms with Crippen molar-refractivity contribution in [2.45, 2.75) is 39.7 Å². The maximum absolute atomic E-state index is 11.9. The van der Waals surface area contributed by atoms with Crippen LogP contribution in [0, 0.1) is 0 Å².